The molecule has 1 rings (SSSR count). The summed E-state index contributed by atoms with van der Waals surface area (Å²) in [5.74, 6) is -0.184. The Labute approximate surface area is 82.2 Å². The fourth-order valence-corrected chi connectivity index (χ4v) is 1.03. The van der Waals surface area contributed by atoms with Gasteiger partial charge < -0.3 is 15.0 Å². The van der Waals surface area contributed by atoms with Gasteiger partial charge in [-0.05, 0) is 6.92 Å². The molecule has 5 heteroatoms. The molecule has 14 heavy (non-hydrogen) atoms. The Morgan fingerprint density at radius 3 is 3.14 bits per heavy atom. The molecule has 0 aliphatic heterocycles. The van der Waals surface area contributed by atoms with Crippen molar-refractivity contribution in [2.75, 3.05) is 12.3 Å². The molecule has 0 saturated heterocycles. The van der Waals surface area contributed by atoms with Gasteiger partial charge in [0.05, 0.1) is 12.9 Å². The highest BCUT2D eigenvalue weighted by molar-refractivity contribution is 5.92. The second-order valence-corrected chi connectivity index (χ2v) is 2.64. The van der Waals surface area contributed by atoms with Crippen LogP contribution in [-0.2, 0) is 11.3 Å². The van der Waals surface area contributed by atoms with Crippen LogP contribution in [0.4, 0.5) is 5.82 Å². The number of carbonyl (C=O) groups excluding carboxylic acids is 1. The minimum absolute atomic E-state index is 0.161. The first-order valence-corrected chi connectivity index (χ1v) is 4.29. The van der Waals surface area contributed by atoms with E-state index in [2.05, 4.69) is 11.6 Å². The van der Waals surface area contributed by atoms with Gasteiger partial charge in [-0.3, -0.25) is 0 Å². The van der Waals surface area contributed by atoms with Gasteiger partial charge in [0, 0.05) is 6.54 Å². The molecule has 0 fully saturated rings. The van der Waals surface area contributed by atoms with E-state index in [4.69, 9.17) is 10.5 Å². The van der Waals surface area contributed by atoms with E-state index in [1.165, 1.54) is 6.33 Å². The monoisotopic (exact) mass is 195 g/mol. The third kappa shape index (κ3) is 1.93. The van der Waals surface area contributed by atoms with Crippen LogP contribution in [0.3, 0.4) is 0 Å². The molecule has 0 saturated carbocycles. The first kappa shape index (κ1) is 10.3. The number of ether oxygens (including phenoxy) is 1. The van der Waals surface area contributed by atoms with Gasteiger partial charge in [0.1, 0.15) is 5.82 Å². The van der Waals surface area contributed by atoms with Gasteiger partial charge in [0.15, 0.2) is 5.69 Å². The van der Waals surface area contributed by atoms with Crippen molar-refractivity contribution in [2.24, 2.45) is 0 Å². The summed E-state index contributed by atoms with van der Waals surface area (Å²) >= 11 is 0. The Bertz CT molecular complexity index is 344. The molecule has 5 nitrogen and oxygen atoms in total. The lowest BCUT2D eigenvalue weighted by Crippen LogP contribution is -2.09. The second kappa shape index (κ2) is 4.45. The van der Waals surface area contributed by atoms with Gasteiger partial charge in [-0.1, -0.05) is 6.08 Å². The van der Waals surface area contributed by atoms with E-state index in [0.29, 0.717) is 19.0 Å². The highest BCUT2D eigenvalue weighted by atomic mass is 16.5. The maximum atomic E-state index is 11.3. The number of nitrogens with zero attached hydrogens (tertiary/aromatic N) is 2. The van der Waals surface area contributed by atoms with Crippen LogP contribution in [0.25, 0.3) is 0 Å². The zero-order chi connectivity index (χ0) is 10.6. The van der Waals surface area contributed by atoms with Crippen molar-refractivity contribution in [3.05, 3.63) is 24.7 Å². The predicted molar refractivity (Wildman–Crippen MR) is 52.8 cm³/mol. The van der Waals surface area contributed by atoms with Gasteiger partial charge >= 0.3 is 5.97 Å². The minimum Gasteiger partial charge on any atom is -0.461 e. The van der Waals surface area contributed by atoms with E-state index >= 15 is 0 Å². The average Bonchev–Trinajstić information content (AvgIpc) is 2.49. The lowest BCUT2D eigenvalue weighted by molar-refractivity contribution is 0.0521. The molecule has 0 aromatic carbocycles. The maximum absolute atomic E-state index is 11.3. The number of carbonyl (C=O) groups is 1. The lowest BCUT2D eigenvalue weighted by atomic mass is 10.4. The van der Waals surface area contributed by atoms with Crippen LogP contribution in [-0.4, -0.2) is 22.1 Å². The third-order valence-corrected chi connectivity index (χ3v) is 1.67. The van der Waals surface area contributed by atoms with Crippen molar-refractivity contribution < 1.29 is 9.53 Å². The number of aromatic nitrogens is 2. The van der Waals surface area contributed by atoms with Crippen LogP contribution in [0.2, 0.25) is 0 Å². The Balaban J connectivity index is 2.88. The van der Waals surface area contributed by atoms with Crippen molar-refractivity contribution in [2.45, 2.75) is 13.5 Å². The topological polar surface area (TPSA) is 70.1 Å². The summed E-state index contributed by atoms with van der Waals surface area (Å²) in [4.78, 5) is 15.1. The summed E-state index contributed by atoms with van der Waals surface area (Å²) < 4.78 is 6.40. The normalized spacial score (nSPS) is 9.79. The molecule has 0 bridgehead atoms. The fourth-order valence-electron chi connectivity index (χ4n) is 1.03. The number of rotatable bonds is 4. The average molecular weight is 195 g/mol. The van der Waals surface area contributed by atoms with Crippen LogP contribution in [0, 0.1) is 0 Å². The number of hydrogen-bond acceptors (Lipinski definition) is 4. The van der Waals surface area contributed by atoms with Gasteiger partial charge in [0.25, 0.3) is 0 Å². The van der Waals surface area contributed by atoms with Crippen molar-refractivity contribution >= 4 is 11.8 Å². The van der Waals surface area contributed by atoms with Gasteiger partial charge in [0.2, 0.25) is 0 Å². The molecule has 0 aliphatic rings. The Kier molecular flexibility index (Phi) is 3.28. The molecule has 0 radical (unpaired) electrons. The van der Waals surface area contributed by atoms with Crippen molar-refractivity contribution in [1.29, 1.82) is 0 Å². The molecular weight excluding hydrogens is 182 g/mol. The third-order valence-electron chi connectivity index (χ3n) is 1.67. The first-order chi connectivity index (χ1) is 6.70. The van der Waals surface area contributed by atoms with Crippen LogP contribution in [0.5, 0.6) is 0 Å². The lowest BCUT2D eigenvalue weighted by Gasteiger charge is -2.01. The number of nitrogen functional groups attached to an aromatic ring is 1. The van der Waals surface area contributed by atoms with E-state index in [1.807, 2.05) is 0 Å². The van der Waals surface area contributed by atoms with E-state index in [-0.39, 0.29) is 5.69 Å². The number of allylic oxidation sites excluding steroid dienone is 1. The number of imidazole rings is 1. The maximum Gasteiger partial charge on any atom is 0.360 e. The number of nitrogens with two attached hydrogens (primary N) is 1. The minimum atomic E-state index is -0.493. The van der Waals surface area contributed by atoms with Crippen molar-refractivity contribution in [3.63, 3.8) is 0 Å². The van der Waals surface area contributed by atoms with Gasteiger partial charge in [-0.25, -0.2) is 9.78 Å². The van der Waals surface area contributed by atoms with Crippen molar-refractivity contribution in [1.82, 2.24) is 9.55 Å². The summed E-state index contributed by atoms with van der Waals surface area (Å²) in [7, 11) is 0. The molecular formula is C9H13N3O2. The standard InChI is InChI=1S/C9H13N3O2/c1-3-5-12-6-11-7(8(12)10)9(13)14-4-2/h3,6H,1,4-5,10H2,2H3. The molecule has 0 spiro atoms. The van der Waals surface area contributed by atoms with Gasteiger partial charge in [-0.15, -0.1) is 6.58 Å². The summed E-state index contributed by atoms with van der Waals surface area (Å²) in [6.07, 6.45) is 3.16. The van der Waals surface area contributed by atoms with Crippen molar-refractivity contribution in [3.8, 4) is 0 Å². The molecule has 76 valence electrons. The number of esters is 1. The number of hydrogen-bond donors (Lipinski definition) is 1. The van der Waals surface area contributed by atoms with Crippen LogP contribution in [0.1, 0.15) is 17.4 Å². The van der Waals surface area contributed by atoms with E-state index in [0.717, 1.165) is 0 Å². The molecule has 1 aromatic rings. The van der Waals surface area contributed by atoms with Crippen LogP contribution in [0.15, 0.2) is 19.0 Å². The quantitative estimate of drug-likeness (QED) is 0.570. The predicted octanol–water partition coefficient (Wildman–Crippen LogP) is 0.828. The van der Waals surface area contributed by atoms with Crippen LogP contribution >= 0.6 is 0 Å². The Morgan fingerprint density at radius 1 is 1.86 bits per heavy atom. The molecule has 1 aromatic heterocycles. The summed E-state index contributed by atoms with van der Waals surface area (Å²) in [6, 6.07) is 0. The van der Waals surface area contributed by atoms with E-state index in [9.17, 15) is 4.79 Å². The Hall–Kier alpha value is -1.78. The summed E-state index contributed by atoms with van der Waals surface area (Å²) in [6.45, 7) is 6.14. The molecule has 0 amide bonds. The summed E-state index contributed by atoms with van der Waals surface area (Å²) in [5, 5.41) is 0. The highest BCUT2D eigenvalue weighted by Crippen LogP contribution is 2.11. The Morgan fingerprint density at radius 2 is 2.57 bits per heavy atom. The molecule has 0 atom stereocenters. The first-order valence-electron chi connectivity index (χ1n) is 4.29. The highest BCUT2D eigenvalue weighted by Gasteiger charge is 2.15. The largest absolute Gasteiger partial charge is 0.461 e. The zero-order valence-electron chi connectivity index (χ0n) is 8.06. The number of anilines is 1. The molecule has 2 N–H and O–H groups in total. The van der Waals surface area contributed by atoms with E-state index < -0.39 is 5.97 Å². The SMILES string of the molecule is C=CCn1cnc(C(=O)OCC)c1N. The van der Waals surface area contributed by atoms with Gasteiger partial charge in [-0.2, -0.15) is 0 Å². The molecule has 0 aliphatic carbocycles. The fraction of sp³-hybridized carbons (Fsp3) is 0.333. The second-order valence-electron chi connectivity index (χ2n) is 2.64. The van der Waals surface area contributed by atoms with Crippen LogP contribution < -0.4 is 5.73 Å². The summed E-state index contributed by atoms with van der Waals surface area (Å²) in [5.41, 5.74) is 5.83. The molecule has 0 unspecified atom stereocenters. The molecule has 1 heterocycles. The van der Waals surface area contributed by atoms with E-state index in [1.54, 1.807) is 17.6 Å². The zero-order valence-corrected chi connectivity index (χ0v) is 8.06. The smallest absolute Gasteiger partial charge is 0.360 e.